The molecule has 1 aliphatic rings. The zero-order chi connectivity index (χ0) is 16.1. The van der Waals surface area contributed by atoms with Gasteiger partial charge in [-0.3, -0.25) is 14.7 Å². The Labute approximate surface area is 136 Å². The maximum atomic E-state index is 11.4. The molecule has 2 heterocycles. The molecule has 0 aliphatic carbocycles. The minimum atomic E-state index is 0.0869. The normalized spacial score (nSPS) is 13.6. The third-order valence-corrected chi connectivity index (χ3v) is 3.92. The van der Waals surface area contributed by atoms with Crippen molar-refractivity contribution in [3.63, 3.8) is 0 Å². The number of anilines is 1. The quantitative estimate of drug-likeness (QED) is 0.890. The van der Waals surface area contributed by atoms with Gasteiger partial charge in [-0.1, -0.05) is 0 Å². The molecule has 0 atom stereocenters. The molecular formula is C18H21N3O2. The van der Waals surface area contributed by atoms with E-state index in [1.807, 2.05) is 42.7 Å². The third kappa shape index (κ3) is 4.29. The average molecular weight is 311 g/mol. The molecule has 23 heavy (non-hydrogen) atoms. The Kier molecular flexibility index (Phi) is 4.88. The van der Waals surface area contributed by atoms with E-state index in [4.69, 9.17) is 4.74 Å². The molecule has 1 aromatic carbocycles. The highest BCUT2D eigenvalue weighted by atomic mass is 16.5. The number of likely N-dealkylation sites (N-methyl/N-ethyl adjacent to an activating group) is 1. The van der Waals surface area contributed by atoms with E-state index >= 15 is 0 Å². The van der Waals surface area contributed by atoms with Crippen LogP contribution >= 0.6 is 0 Å². The van der Waals surface area contributed by atoms with Gasteiger partial charge in [0.05, 0.1) is 0 Å². The van der Waals surface area contributed by atoms with E-state index in [0.29, 0.717) is 13.0 Å². The topological polar surface area (TPSA) is 54.5 Å². The van der Waals surface area contributed by atoms with Crippen molar-refractivity contribution in [1.82, 2.24) is 9.88 Å². The van der Waals surface area contributed by atoms with Crippen LogP contribution in [0.1, 0.15) is 17.5 Å². The van der Waals surface area contributed by atoms with E-state index < -0.39 is 0 Å². The van der Waals surface area contributed by atoms with Crippen molar-refractivity contribution in [3.05, 3.63) is 53.9 Å². The van der Waals surface area contributed by atoms with Gasteiger partial charge in [0.15, 0.2) is 0 Å². The summed E-state index contributed by atoms with van der Waals surface area (Å²) >= 11 is 0. The first-order chi connectivity index (χ1) is 11.2. The fourth-order valence-electron chi connectivity index (χ4n) is 2.65. The lowest BCUT2D eigenvalue weighted by Crippen LogP contribution is -2.24. The van der Waals surface area contributed by atoms with Crippen LogP contribution in [0, 0.1) is 0 Å². The maximum Gasteiger partial charge on any atom is 0.224 e. The minimum Gasteiger partial charge on any atom is -0.492 e. The van der Waals surface area contributed by atoms with Crippen molar-refractivity contribution in [1.29, 1.82) is 0 Å². The Morgan fingerprint density at radius 3 is 2.87 bits per heavy atom. The molecule has 5 heteroatoms. The molecule has 120 valence electrons. The molecular weight excluding hydrogens is 290 g/mol. The van der Waals surface area contributed by atoms with E-state index in [-0.39, 0.29) is 5.91 Å². The van der Waals surface area contributed by atoms with Crippen LogP contribution < -0.4 is 10.1 Å². The zero-order valence-electron chi connectivity index (χ0n) is 13.3. The highest BCUT2D eigenvalue weighted by Crippen LogP contribution is 2.26. The smallest absolute Gasteiger partial charge is 0.224 e. The van der Waals surface area contributed by atoms with E-state index in [0.717, 1.165) is 36.5 Å². The maximum absolute atomic E-state index is 11.4. The van der Waals surface area contributed by atoms with Crippen molar-refractivity contribution < 1.29 is 9.53 Å². The summed E-state index contributed by atoms with van der Waals surface area (Å²) < 4.78 is 5.84. The first kappa shape index (κ1) is 15.5. The summed E-state index contributed by atoms with van der Waals surface area (Å²) in [6.45, 7) is 2.35. The molecule has 0 saturated carbocycles. The Balaban J connectivity index is 1.48. The van der Waals surface area contributed by atoms with E-state index in [9.17, 15) is 4.79 Å². The molecule has 5 nitrogen and oxygen atoms in total. The Bertz CT molecular complexity index is 673. The number of nitrogens with zero attached hydrogens (tertiary/aromatic N) is 2. The van der Waals surface area contributed by atoms with Crippen LogP contribution in [0.4, 0.5) is 5.69 Å². The zero-order valence-corrected chi connectivity index (χ0v) is 13.3. The van der Waals surface area contributed by atoms with Crippen LogP contribution in [0.2, 0.25) is 0 Å². The molecule has 0 radical (unpaired) electrons. The van der Waals surface area contributed by atoms with Gasteiger partial charge in [0, 0.05) is 37.6 Å². The fraction of sp³-hybridized carbons (Fsp3) is 0.333. The summed E-state index contributed by atoms with van der Waals surface area (Å²) in [4.78, 5) is 17.6. The number of nitrogens with one attached hydrogen (secondary N) is 1. The molecule has 2 aromatic rings. The highest BCUT2D eigenvalue weighted by Gasteiger charge is 2.15. The second-order valence-electron chi connectivity index (χ2n) is 5.81. The summed E-state index contributed by atoms with van der Waals surface area (Å²) in [5.41, 5.74) is 3.29. The number of amides is 1. The summed E-state index contributed by atoms with van der Waals surface area (Å²) in [5.74, 6) is 0.945. The van der Waals surface area contributed by atoms with Crippen LogP contribution in [0.3, 0.4) is 0 Å². The number of ether oxygens (including phenoxy) is 1. The van der Waals surface area contributed by atoms with Crippen molar-refractivity contribution in [2.24, 2.45) is 0 Å². The average Bonchev–Trinajstić information content (AvgIpc) is 2.56. The number of pyridine rings is 1. The monoisotopic (exact) mass is 311 g/mol. The number of hydrogen-bond acceptors (Lipinski definition) is 4. The number of aryl methyl sites for hydroxylation is 1. The number of aromatic nitrogens is 1. The molecule has 1 amide bonds. The SMILES string of the molecule is CN(CCOc1ccc2c(c1)CCC(=O)N2)Cc1ccncc1. The Morgan fingerprint density at radius 1 is 1.22 bits per heavy atom. The van der Waals surface area contributed by atoms with Crippen LogP contribution in [0.15, 0.2) is 42.7 Å². The van der Waals surface area contributed by atoms with Gasteiger partial charge < -0.3 is 10.1 Å². The fourth-order valence-corrected chi connectivity index (χ4v) is 2.65. The largest absolute Gasteiger partial charge is 0.492 e. The number of benzene rings is 1. The summed E-state index contributed by atoms with van der Waals surface area (Å²) in [5, 5.41) is 2.88. The van der Waals surface area contributed by atoms with Gasteiger partial charge in [0.1, 0.15) is 12.4 Å². The highest BCUT2D eigenvalue weighted by molar-refractivity contribution is 5.93. The van der Waals surface area contributed by atoms with Crippen LogP contribution in [0.5, 0.6) is 5.75 Å². The molecule has 0 fully saturated rings. The minimum absolute atomic E-state index is 0.0869. The predicted molar refractivity (Wildman–Crippen MR) is 89.5 cm³/mol. The number of hydrogen-bond donors (Lipinski definition) is 1. The van der Waals surface area contributed by atoms with Crippen molar-refractivity contribution in [2.45, 2.75) is 19.4 Å². The first-order valence-corrected chi connectivity index (χ1v) is 7.84. The second-order valence-corrected chi connectivity index (χ2v) is 5.81. The number of rotatable bonds is 6. The second kappa shape index (κ2) is 7.24. The summed E-state index contributed by atoms with van der Waals surface area (Å²) in [7, 11) is 2.08. The van der Waals surface area contributed by atoms with Gasteiger partial charge in [-0.2, -0.15) is 0 Å². The van der Waals surface area contributed by atoms with Gasteiger partial charge in [0.25, 0.3) is 0 Å². The van der Waals surface area contributed by atoms with Crippen molar-refractivity contribution >= 4 is 11.6 Å². The summed E-state index contributed by atoms with van der Waals surface area (Å²) in [6, 6.07) is 9.90. The third-order valence-electron chi connectivity index (χ3n) is 3.92. The predicted octanol–water partition coefficient (Wildman–Crippen LogP) is 2.48. The Hall–Kier alpha value is -2.40. The summed E-state index contributed by atoms with van der Waals surface area (Å²) in [6.07, 6.45) is 4.95. The van der Waals surface area contributed by atoms with Crippen LogP contribution in [0.25, 0.3) is 0 Å². The van der Waals surface area contributed by atoms with E-state index in [1.54, 1.807) is 0 Å². The molecule has 1 aromatic heterocycles. The van der Waals surface area contributed by atoms with E-state index in [1.165, 1.54) is 5.56 Å². The number of carbonyl (C=O) groups is 1. The van der Waals surface area contributed by atoms with Crippen LogP contribution in [-0.4, -0.2) is 36.0 Å². The van der Waals surface area contributed by atoms with Gasteiger partial charge in [-0.25, -0.2) is 0 Å². The van der Waals surface area contributed by atoms with Gasteiger partial charge in [-0.15, -0.1) is 0 Å². The first-order valence-electron chi connectivity index (χ1n) is 7.84. The molecule has 0 bridgehead atoms. The molecule has 1 N–H and O–H groups in total. The van der Waals surface area contributed by atoms with Gasteiger partial charge in [0.2, 0.25) is 5.91 Å². The number of fused-ring (bicyclic) bond motifs is 1. The molecule has 0 spiro atoms. The lowest BCUT2D eigenvalue weighted by atomic mass is 10.0. The van der Waals surface area contributed by atoms with Gasteiger partial charge in [-0.05, 0) is 54.9 Å². The van der Waals surface area contributed by atoms with Crippen molar-refractivity contribution in [3.8, 4) is 5.75 Å². The lowest BCUT2D eigenvalue weighted by molar-refractivity contribution is -0.116. The van der Waals surface area contributed by atoms with Crippen molar-refractivity contribution in [2.75, 3.05) is 25.5 Å². The van der Waals surface area contributed by atoms with Crippen LogP contribution in [-0.2, 0) is 17.8 Å². The molecule has 1 aliphatic heterocycles. The van der Waals surface area contributed by atoms with E-state index in [2.05, 4.69) is 22.2 Å². The molecule has 3 rings (SSSR count). The Morgan fingerprint density at radius 2 is 2.04 bits per heavy atom. The van der Waals surface area contributed by atoms with Gasteiger partial charge >= 0.3 is 0 Å². The molecule has 0 unspecified atom stereocenters. The lowest BCUT2D eigenvalue weighted by Gasteiger charge is -2.19. The number of carbonyl (C=O) groups excluding carboxylic acids is 1. The molecule has 0 saturated heterocycles. The standard InChI is InChI=1S/C18H21N3O2/c1-21(13-14-6-8-19-9-7-14)10-11-23-16-3-4-17-15(12-16)2-5-18(22)20-17/h3-4,6-9,12H,2,5,10-11,13H2,1H3,(H,20,22).